The number of amides is 4. The number of sulfonamides is 1. The Kier molecular flexibility index (Phi) is 10.0. The summed E-state index contributed by atoms with van der Waals surface area (Å²) >= 11 is 0. The molecule has 4 aliphatic rings. The standard InChI is InChI=1S/C35H41F4N5O7S/c1-4-22-13-34(22,32(47)42-52(49,50)25-8-9-25)41-30(45)29-12-24(51-33(48)43-16-21-6-5-7-28(36)27(21)18-43)17-44(29)31(46)26(19(2)3)11-20-10-23(15-40-14-20)35(37,38)39/h5-7,10,14-15,19,22,24-26,29H,4,8-9,11-13,16-18H2,1-3H3,(H,41,45)(H,42,47)/t22-,24-,26+,29+,34-/m1/s1. The number of nitrogens with zero attached hydrogens (tertiary/aromatic N) is 3. The quantitative estimate of drug-likeness (QED) is 0.326. The fourth-order valence-electron chi connectivity index (χ4n) is 7.23. The summed E-state index contributed by atoms with van der Waals surface area (Å²) in [6.45, 7) is 5.03. The van der Waals surface area contributed by atoms with E-state index in [1.165, 1.54) is 28.1 Å². The average Bonchev–Trinajstić information content (AvgIpc) is 3.97. The summed E-state index contributed by atoms with van der Waals surface area (Å²) in [7, 11) is -3.93. The van der Waals surface area contributed by atoms with Gasteiger partial charge in [0.25, 0.3) is 5.91 Å². The van der Waals surface area contributed by atoms with Crippen molar-refractivity contribution in [3.8, 4) is 0 Å². The summed E-state index contributed by atoms with van der Waals surface area (Å²) in [4.78, 5) is 61.4. The van der Waals surface area contributed by atoms with Crippen LogP contribution in [0.15, 0.2) is 36.7 Å². The number of hydrogen-bond donors (Lipinski definition) is 2. The Balaban J connectivity index is 1.24. The number of benzene rings is 1. The van der Waals surface area contributed by atoms with E-state index in [0.29, 0.717) is 36.6 Å². The van der Waals surface area contributed by atoms with E-state index in [2.05, 4.69) is 15.0 Å². The molecule has 0 radical (unpaired) electrons. The number of ether oxygens (including phenoxy) is 1. The van der Waals surface area contributed by atoms with Crippen molar-refractivity contribution in [1.29, 1.82) is 0 Å². The van der Waals surface area contributed by atoms with Crippen LogP contribution >= 0.6 is 0 Å². The van der Waals surface area contributed by atoms with Crippen molar-refractivity contribution < 1.29 is 49.9 Å². The molecular formula is C35H41F4N5O7S. The number of pyridine rings is 1. The molecule has 3 heterocycles. The molecule has 0 bridgehead atoms. The molecule has 0 unspecified atom stereocenters. The third kappa shape index (κ3) is 7.60. The minimum absolute atomic E-state index is 0.0413. The van der Waals surface area contributed by atoms with Crippen molar-refractivity contribution in [2.45, 2.75) is 101 Å². The van der Waals surface area contributed by atoms with Crippen LogP contribution in [0.2, 0.25) is 0 Å². The zero-order valence-corrected chi connectivity index (χ0v) is 29.7. The monoisotopic (exact) mass is 751 g/mol. The minimum atomic E-state index is -4.66. The molecule has 5 atom stereocenters. The van der Waals surface area contributed by atoms with Crippen LogP contribution in [-0.2, 0) is 54.8 Å². The first-order valence-corrected chi connectivity index (χ1v) is 18.9. The number of aromatic nitrogens is 1. The number of likely N-dealkylation sites (tertiary alicyclic amines) is 1. The van der Waals surface area contributed by atoms with Crippen molar-refractivity contribution in [2.24, 2.45) is 17.8 Å². The van der Waals surface area contributed by atoms with Gasteiger partial charge < -0.3 is 15.0 Å². The average molecular weight is 752 g/mol. The summed E-state index contributed by atoms with van der Waals surface area (Å²) in [6.07, 6.45) is -3.38. The third-order valence-corrected chi connectivity index (χ3v) is 12.4. The van der Waals surface area contributed by atoms with E-state index in [4.69, 9.17) is 4.74 Å². The van der Waals surface area contributed by atoms with Gasteiger partial charge in [-0.3, -0.25) is 29.0 Å². The van der Waals surface area contributed by atoms with Crippen LogP contribution in [0.1, 0.15) is 75.1 Å². The zero-order chi connectivity index (χ0) is 37.7. The number of hydrogen-bond acceptors (Lipinski definition) is 8. The Labute approximate surface area is 298 Å². The van der Waals surface area contributed by atoms with Crippen LogP contribution in [0.5, 0.6) is 0 Å². The lowest BCUT2D eigenvalue weighted by molar-refractivity contribution is -0.143. The molecule has 2 aliphatic carbocycles. The smallest absolute Gasteiger partial charge is 0.417 e. The normalized spacial score (nSPS) is 24.7. The fourth-order valence-corrected chi connectivity index (χ4v) is 8.59. The molecule has 1 aromatic heterocycles. The van der Waals surface area contributed by atoms with Crippen molar-refractivity contribution in [3.05, 3.63) is 64.7 Å². The zero-order valence-electron chi connectivity index (χ0n) is 28.9. The number of halogens is 4. The largest absolute Gasteiger partial charge is 0.444 e. The molecular weight excluding hydrogens is 710 g/mol. The second kappa shape index (κ2) is 13.9. The number of carbonyl (C=O) groups is 4. The van der Waals surface area contributed by atoms with Gasteiger partial charge in [0.05, 0.1) is 23.9 Å². The summed E-state index contributed by atoms with van der Waals surface area (Å²) in [6, 6.07) is 4.15. The van der Waals surface area contributed by atoms with Crippen LogP contribution in [0.3, 0.4) is 0 Å². The Morgan fingerprint density at radius 1 is 1.12 bits per heavy atom. The first-order chi connectivity index (χ1) is 24.4. The van der Waals surface area contributed by atoms with Gasteiger partial charge in [-0.2, -0.15) is 13.2 Å². The van der Waals surface area contributed by atoms with E-state index < -0.39 is 86.2 Å². The lowest BCUT2D eigenvalue weighted by atomic mass is 9.88. The molecule has 4 amide bonds. The molecule has 282 valence electrons. The van der Waals surface area contributed by atoms with E-state index in [0.717, 1.165) is 6.07 Å². The van der Waals surface area contributed by atoms with Crippen LogP contribution < -0.4 is 10.0 Å². The topological polar surface area (TPSA) is 155 Å². The summed E-state index contributed by atoms with van der Waals surface area (Å²) in [5, 5.41) is 2.05. The maximum atomic E-state index is 14.4. The molecule has 17 heteroatoms. The third-order valence-electron chi connectivity index (χ3n) is 10.5. The number of fused-ring (bicyclic) bond motifs is 1. The van der Waals surface area contributed by atoms with Gasteiger partial charge in [-0.25, -0.2) is 17.6 Å². The van der Waals surface area contributed by atoms with Gasteiger partial charge in [0.1, 0.15) is 23.5 Å². The highest BCUT2D eigenvalue weighted by Crippen LogP contribution is 2.47. The molecule has 2 aliphatic heterocycles. The molecule has 0 spiro atoms. The second-order valence-electron chi connectivity index (χ2n) is 14.6. The highest BCUT2D eigenvalue weighted by atomic mass is 32.2. The van der Waals surface area contributed by atoms with Gasteiger partial charge in [0.15, 0.2) is 0 Å². The summed E-state index contributed by atoms with van der Waals surface area (Å²) in [5.41, 5.74) is -1.39. The van der Waals surface area contributed by atoms with Crippen LogP contribution in [-0.4, -0.2) is 76.5 Å². The van der Waals surface area contributed by atoms with Gasteiger partial charge >= 0.3 is 12.3 Å². The van der Waals surface area contributed by atoms with Crippen molar-refractivity contribution in [1.82, 2.24) is 24.8 Å². The van der Waals surface area contributed by atoms with Crippen LogP contribution in [0.4, 0.5) is 22.4 Å². The summed E-state index contributed by atoms with van der Waals surface area (Å²) < 4.78 is 87.9. The molecule has 1 aromatic carbocycles. The number of carbonyl (C=O) groups excluding carboxylic acids is 4. The molecule has 2 aromatic rings. The predicted octanol–water partition coefficient (Wildman–Crippen LogP) is 4.07. The molecule has 52 heavy (non-hydrogen) atoms. The van der Waals surface area contributed by atoms with E-state index >= 15 is 0 Å². The van der Waals surface area contributed by atoms with E-state index in [9.17, 15) is 45.2 Å². The van der Waals surface area contributed by atoms with Gasteiger partial charge in [0, 0.05) is 36.8 Å². The highest BCUT2D eigenvalue weighted by molar-refractivity contribution is 7.91. The van der Waals surface area contributed by atoms with E-state index in [1.54, 1.807) is 26.8 Å². The Bertz CT molecular complexity index is 1870. The SMILES string of the molecule is CC[C@@H]1C[C@]1(NC(=O)[C@@H]1C[C@@H](OC(=O)N2Cc3cccc(F)c3C2)CN1C(=O)[C@@H](Cc1cncc(C(F)(F)F)c1)C(C)C)C(=O)NS(=O)(=O)C1CC1. The van der Waals surface area contributed by atoms with Crippen LogP contribution in [0, 0.1) is 23.6 Å². The molecule has 2 saturated carbocycles. The number of alkyl halides is 3. The fraction of sp³-hybridized carbons (Fsp3) is 0.571. The molecule has 2 N–H and O–H groups in total. The summed E-state index contributed by atoms with van der Waals surface area (Å²) in [5.74, 6) is -4.39. The molecule has 1 saturated heterocycles. The first-order valence-electron chi connectivity index (χ1n) is 17.3. The predicted molar refractivity (Wildman–Crippen MR) is 177 cm³/mol. The minimum Gasteiger partial charge on any atom is -0.444 e. The van der Waals surface area contributed by atoms with E-state index in [1.807, 2.05) is 0 Å². The van der Waals surface area contributed by atoms with Crippen molar-refractivity contribution >= 4 is 33.8 Å². The van der Waals surface area contributed by atoms with Gasteiger partial charge in [-0.1, -0.05) is 39.3 Å². The molecule has 6 rings (SSSR count). The lowest BCUT2D eigenvalue weighted by Crippen LogP contribution is -2.57. The Morgan fingerprint density at radius 2 is 1.85 bits per heavy atom. The van der Waals surface area contributed by atoms with Gasteiger partial charge in [-0.05, 0) is 60.8 Å². The number of rotatable bonds is 11. The maximum Gasteiger partial charge on any atom is 0.417 e. The Morgan fingerprint density at radius 3 is 2.46 bits per heavy atom. The first kappa shape index (κ1) is 37.5. The van der Waals surface area contributed by atoms with E-state index in [-0.39, 0.29) is 50.4 Å². The Hall–Kier alpha value is -4.28. The molecule has 3 fully saturated rings. The van der Waals surface area contributed by atoms with Crippen molar-refractivity contribution in [2.75, 3.05) is 6.54 Å². The number of nitrogens with one attached hydrogen (secondary N) is 2. The highest BCUT2D eigenvalue weighted by Gasteiger charge is 2.62. The van der Waals surface area contributed by atoms with Crippen LogP contribution in [0.25, 0.3) is 0 Å². The maximum absolute atomic E-state index is 14.4. The second-order valence-corrected chi connectivity index (χ2v) is 16.5. The van der Waals surface area contributed by atoms with Gasteiger partial charge in [0.2, 0.25) is 21.8 Å². The molecule has 12 nitrogen and oxygen atoms in total. The van der Waals surface area contributed by atoms with Crippen molar-refractivity contribution in [3.63, 3.8) is 0 Å². The lowest BCUT2D eigenvalue weighted by Gasteiger charge is -2.31. The van der Waals surface area contributed by atoms with Gasteiger partial charge in [-0.15, -0.1) is 0 Å².